The van der Waals surface area contributed by atoms with Crippen LogP contribution in [-0.4, -0.2) is 42.2 Å². The van der Waals surface area contributed by atoms with Gasteiger partial charge in [-0.3, -0.25) is 4.79 Å². The van der Waals surface area contributed by atoms with Crippen LogP contribution < -0.4 is 15.5 Å². The predicted molar refractivity (Wildman–Crippen MR) is 120 cm³/mol. The molecule has 1 aliphatic rings. The highest BCUT2D eigenvalue weighted by molar-refractivity contribution is 7.99. The molecule has 154 valence electrons. The van der Waals surface area contributed by atoms with E-state index in [1.54, 1.807) is 6.20 Å². The molecule has 1 aromatic heterocycles. The van der Waals surface area contributed by atoms with Crippen LogP contribution in [0.25, 0.3) is 0 Å². The maximum Gasteiger partial charge on any atom is 0.228 e. The van der Waals surface area contributed by atoms with Crippen LogP contribution in [-0.2, 0) is 9.53 Å². The van der Waals surface area contributed by atoms with E-state index in [4.69, 9.17) is 4.74 Å². The number of carbonyl (C=O) groups is 1. The summed E-state index contributed by atoms with van der Waals surface area (Å²) in [5, 5.41) is 6.90. The fourth-order valence-electron chi connectivity index (χ4n) is 3.12. The smallest absolute Gasteiger partial charge is 0.228 e. The summed E-state index contributed by atoms with van der Waals surface area (Å²) in [5.41, 5.74) is 2.88. The Hall–Kier alpha value is -3.10. The number of benzene rings is 2. The lowest BCUT2D eigenvalue weighted by molar-refractivity contribution is -0.114. The van der Waals surface area contributed by atoms with Crippen LogP contribution in [0.3, 0.4) is 0 Å². The van der Waals surface area contributed by atoms with Crippen molar-refractivity contribution in [2.45, 2.75) is 16.8 Å². The highest BCUT2D eigenvalue weighted by atomic mass is 32.2. The zero-order valence-electron chi connectivity index (χ0n) is 16.7. The Kier molecular flexibility index (Phi) is 6.46. The molecule has 8 heteroatoms. The molecule has 1 fully saturated rings. The molecule has 0 spiro atoms. The first-order valence-electron chi connectivity index (χ1n) is 9.74. The molecule has 0 unspecified atom stereocenters. The number of aromatic nitrogens is 2. The van der Waals surface area contributed by atoms with E-state index in [9.17, 15) is 4.79 Å². The zero-order chi connectivity index (χ0) is 20.8. The van der Waals surface area contributed by atoms with E-state index >= 15 is 0 Å². The molecule has 1 amide bonds. The van der Waals surface area contributed by atoms with E-state index < -0.39 is 0 Å². The van der Waals surface area contributed by atoms with Crippen LogP contribution in [0.2, 0.25) is 0 Å². The third kappa shape index (κ3) is 5.49. The Morgan fingerprint density at radius 3 is 2.63 bits per heavy atom. The molecule has 0 radical (unpaired) electrons. The second-order valence-electron chi connectivity index (χ2n) is 6.80. The average molecular weight is 422 g/mol. The van der Waals surface area contributed by atoms with Crippen molar-refractivity contribution in [2.24, 2.45) is 0 Å². The Morgan fingerprint density at radius 2 is 1.87 bits per heavy atom. The van der Waals surface area contributed by atoms with Gasteiger partial charge < -0.3 is 20.3 Å². The van der Waals surface area contributed by atoms with Crippen LogP contribution >= 0.6 is 11.8 Å². The van der Waals surface area contributed by atoms with Gasteiger partial charge in [-0.2, -0.15) is 0 Å². The van der Waals surface area contributed by atoms with Crippen LogP contribution in [0.4, 0.5) is 23.0 Å². The summed E-state index contributed by atoms with van der Waals surface area (Å²) in [6, 6.07) is 17.8. The van der Waals surface area contributed by atoms with Crippen molar-refractivity contribution >= 4 is 40.7 Å². The summed E-state index contributed by atoms with van der Waals surface area (Å²) in [7, 11) is 0. The largest absolute Gasteiger partial charge is 0.378 e. The Balaban J connectivity index is 1.43. The Labute approximate surface area is 179 Å². The van der Waals surface area contributed by atoms with Crippen LogP contribution in [0.15, 0.2) is 70.7 Å². The fraction of sp³-hybridized carbons (Fsp3) is 0.227. The molecule has 30 heavy (non-hydrogen) atoms. The highest BCUT2D eigenvalue weighted by Gasteiger charge is 2.11. The summed E-state index contributed by atoms with van der Waals surface area (Å²) in [6.45, 7) is 4.80. The summed E-state index contributed by atoms with van der Waals surface area (Å²) in [4.78, 5) is 23.4. The van der Waals surface area contributed by atoms with Gasteiger partial charge in [-0.1, -0.05) is 17.8 Å². The quantitative estimate of drug-likeness (QED) is 0.579. The van der Waals surface area contributed by atoms with Crippen molar-refractivity contribution in [1.29, 1.82) is 0 Å². The number of amides is 1. The van der Waals surface area contributed by atoms with Crippen molar-refractivity contribution in [3.63, 3.8) is 0 Å². The first kappa shape index (κ1) is 20.2. The van der Waals surface area contributed by atoms with E-state index in [0.717, 1.165) is 53.3 Å². The Morgan fingerprint density at radius 1 is 1.07 bits per heavy atom. The van der Waals surface area contributed by atoms with Crippen LogP contribution in [0, 0.1) is 0 Å². The second-order valence-corrected chi connectivity index (χ2v) is 7.89. The minimum atomic E-state index is -0.0837. The molecule has 0 aliphatic carbocycles. The molecule has 2 heterocycles. The van der Waals surface area contributed by atoms with E-state index in [-0.39, 0.29) is 5.91 Å². The lowest BCUT2D eigenvalue weighted by Gasteiger charge is -2.29. The van der Waals surface area contributed by atoms with Gasteiger partial charge in [0.2, 0.25) is 11.9 Å². The van der Waals surface area contributed by atoms with Crippen molar-refractivity contribution in [3.8, 4) is 0 Å². The van der Waals surface area contributed by atoms with Gasteiger partial charge in [0.25, 0.3) is 0 Å². The highest BCUT2D eigenvalue weighted by Crippen LogP contribution is 2.28. The number of anilines is 4. The molecule has 7 nitrogen and oxygen atoms in total. The zero-order valence-corrected chi connectivity index (χ0v) is 17.5. The van der Waals surface area contributed by atoms with Gasteiger partial charge in [-0.15, -0.1) is 0 Å². The van der Waals surface area contributed by atoms with Crippen molar-refractivity contribution in [3.05, 3.63) is 60.8 Å². The normalized spacial score (nSPS) is 13.7. The number of rotatable bonds is 6. The maximum absolute atomic E-state index is 11.1. The molecular formula is C22H23N5O2S. The van der Waals surface area contributed by atoms with E-state index in [1.165, 1.54) is 18.7 Å². The molecule has 1 aliphatic heterocycles. The summed E-state index contributed by atoms with van der Waals surface area (Å²) < 4.78 is 5.43. The van der Waals surface area contributed by atoms with Crippen molar-refractivity contribution in [2.75, 3.05) is 41.8 Å². The lowest BCUT2D eigenvalue weighted by Crippen LogP contribution is -2.36. The lowest BCUT2D eigenvalue weighted by atomic mass is 10.2. The maximum atomic E-state index is 11.1. The first-order valence-corrected chi connectivity index (χ1v) is 10.6. The third-order valence-electron chi connectivity index (χ3n) is 4.51. The topological polar surface area (TPSA) is 79.4 Å². The van der Waals surface area contributed by atoms with E-state index in [0.29, 0.717) is 5.95 Å². The van der Waals surface area contributed by atoms with Gasteiger partial charge in [0, 0.05) is 48.2 Å². The van der Waals surface area contributed by atoms with E-state index in [2.05, 4.69) is 37.6 Å². The van der Waals surface area contributed by atoms with E-state index in [1.807, 2.05) is 42.5 Å². The predicted octanol–water partition coefficient (Wildman–Crippen LogP) is 4.17. The molecule has 2 aromatic carbocycles. The second kappa shape index (κ2) is 9.60. The first-order chi connectivity index (χ1) is 14.7. The SMILES string of the molecule is CC(=O)Nc1ccc(Sc2ccnc(Nc3cccc(N4CCOCC4)c3)n2)cc1. The fourth-order valence-corrected chi connectivity index (χ4v) is 3.90. The monoisotopic (exact) mass is 421 g/mol. The number of hydrogen-bond acceptors (Lipinski definition) is 7. The van der Waals surface area contributed by atoms with Gasteiger partial charge in [0.05, 0.1) is 13.2 Å². The molecular weight excluding hydrogens is 398 g/mol. The van der Waals surface area contributed by atoms with Gasteiger partial charge in [-0.25, -0.2) is 9.97 Å². The molecule has 2 N–H and O–H groups in total. The molecule has 0 atom stereocenters. The number of hydrogen-bond donors (Lipinski definition) is 2. The Bertz CT molecular complexity index is 1010. The molecule has 0 saturated carbocycles. The number of nitrogens with zero attached hydrogens (tertiary/aromatic N) is 3. The summed E-state index contributed by atoms with van der Waals surface area (Å²) in [6.07, 6.45) is 1.75. The third-order valence-corrected chi connectivity index (χ3v) is 5.45. The van der Waals surface area contributed by atoms with Gasteiger partial charge in [-0.05, 0) is 48.5 Å². The standard InChI is InChI=1S/C22H23N5O2S/c1-16(28)24-17-5-7-20(8-6-17)30-21-9-10-23-22(26-21)25-18-3-2-4-19(15-18)27-11-13-29-14-12-27/h2-10,15H,11-14H2,1H3,(H,24,28)(H,23,25,26). The molecule has 1 saturated heterocycles. The molecule has 0 bridgehead atoms. The average Bonchev–Trinajstić information content (AvgIpc) is 2.76. The van der Waals surface area contributed by atoms with Crippen LogP contribution in [0.1, 0.15) is 6.92 Å². The molecule has 3 aromatic rings. The van der Waals surface area contributed by atoms with Gasteiger partial charge in [0.15, 0.2) is 0 Å². The molecule has 4 rings (SSSR count). The van der Waals surface area contributed by atoms with Crippen molar-refractivity contribution < 1.29 is 9.53 Å². The minimum Gasteiger partial charge on any atom is -0.378 e. The number of ether oxygens (including phenoxy) is 1. The van der Waals surface area contributed by atoms with Gasteiger partial charge >= 0.3 is 0 Å². The number of carbonyl (C=O) groups excluding carboxylic acids is 1. The summed E-state index contributed by atoms with van der Waals surface area (Å²) >= 11 is 1.54. The van der Waals surface area contributed by atoms with Crippen LogP contribution in [0.5, 0.6) is 0 Å². The summed E-state index contributed by atoms with van der Waals surface area (Å²) in [5.74, 6) is 0.466. The van der Waals surface area contributed by atoms with Gasteiger partial charge in [0.1, 0.15) is 5.03 Å². The minimum absolute atomic E-state index is 0.0837. The number of nitrogens with one attached hydrogen (secondary N) is 2. The number of morpholine rings is 1. The van der Waals surface area contributed by atoms with Crippen molar-refractivity contribution in [1.82, 2.24) is 9.97 Å².